The first-order valence-corrected chi connectivity index (χ1v) is 7.96. The van der Waals surface area contributed by atoms with E-state index < -0.39 is 15.9 Å². The molecular formula is C11H21NO5S. The molecular weight excluding hydrogens is 258 g/mol. The van der Waals surface area contributed by atoms with Gasteiger partial charge in [-0.15, -0.1) is 0 Å². The third-order valence-electron chi connectivity index (χ3n) is 3.09. The summed E-state index contributed by atoms with van der Waals surface area (Å²) in [5.74, 6) is -0.122. The Kier molecular flexibility index (Phi) is 5.55. The van der Waals surface area contributed by atoms with E-state index in [9.17, 15) is 13.2 Å². The van der Waals surface area contributed by atoms with E-state index >= 15 is 0 Å². The SMILES string of the molecule is CC(O)CCC(=O)N(CCO)C1CCS(=O)(=O)C1. The van der Waals surface area contributed by atoms with Crippen LogP contribution in [0.1, 0.15) is 26.2 Å². The first kappa shape index (κ1) is 15.4. The Labute approximate surface area is 108 Å². The van der Waals surface area contributed by atoms with E-state index in [1.54, 1.807) is 6.92 Å². The van der Waals surface area contributed by atoms with Crippen molar-refractivity contribution in [3.05, 3.63) is 0 Å². The van der Waals surface area contributed by atoms with Gasteiger partial charge in [0.15, 0.2) is 9.84 Å². The van der Waals surface area contributed by atoms with Crippen LogP contribution in [0, 0.1) is 0 Å². The highest BCUT2D eigenvalue weighted by Crippen LogP contribution is 2.19. The van der Waals surface area contributed by atoms with E-state index in [0.29, 0.717) is 12.8 Å². The first-order valence-electron chi connectivity index (χ1n) is 6.14. The third-order valence-corrected chi connectivity index (χ3v) is 4.84. The average Bonchev–Trinajstić information content (AvgIpc) is 2.63. The van der Waals surface area contributed by atoms with Gasteiger partial charge in [-0.05, 0) is 19.8 Å². The number of hydrogen-bond acceptors (Lipinski definition) is 5. The molecule has 0 aliphatic carbocycles. The quantitative estimate of drug-likeness (QED) is 0.661. The molecule has 0 aromatic carbocycles. The van der Waals surface area contributed by atoms with Crippen LogP contribution in [0.2, 0.25) is 0 Å². The van der Waals surface area contributed by atoms with Crippen LogP contribution in [-0.4, -0.2) is 66.2 Å². The summed E-state index contributed by atoms with van der Waals surface area (Å²) in [4.78, 5) is 13.4. The summed E-state index contributed by atoms with van der Waals surface area (Å²) in [6, 6.07) is -0.330. The van der Waals surface area contributed by atoms with Crippen LogP contribution in [0.25, 0.3) is 0 Å². The molecule has 1 amide bonds. The summed E-state index contributed by atoms with van der Waals surface area (Å²) < 4.78 is 22.8. The predicted octanol–water partition coefficient (Wildman–Crippen LogP) is -0.845. The summed E-state index contributed by atoms with van der Waals surface area (Å²) in [5.41, 5.74) is 0. The van der Waals surface area contributed by atoms with Gasteiger partial charge in [0.1, 0.15) is 0 Å². The molecule has 0 aromatic rings. The fraction of sp³-hybridized carbons (Fsp3) is 0.909. The molecule has 0 aromatic heterocycles. The smallest absolute Gasteiger partial charge is 0.223 e. The zero-order valence-electron chi connectivity index (χ0n) is 10.6. The van der Waals surface area contributed by atoms with Crippen molar-refractivity contribution in [2.24, 2.45) is 0 Å². The number of aliphatic hydroxyl groups excluding tert-OH is 2. The summed E-state index contributed by atoms with van der Waals surface area (Å²) >= 11 is 0. The van der Waals surface area contributed by atoms with Crippen LogP contribution in [-0.2, 0) is 14.6 Å². The van der Waals surface area contributed by atoms with Crippen LogP contribution in [0.4, 0.5) is 0 Å². The Morgan fingerprint density at radius 1 is 1.50 bits per heavy atom. The minimum Gasteiger partial charge on any atom is -0.395 e. The summed E-state index contributed by atoms with van der Waals surface area (Å²) in [5, 5.41) is 18.1. The van der Waals surface area contributed by atoms with Crippen LogP contribution < -0.4 is 0 Å². The highest BCUT2D eigenvalue weighted by atomic mass is 32.2. The van der Waals surface area contributed by atoms with Crippen molar-refractivity contribution in [1.82, 2.24) is 4.90 Å². The average molecular weight is 279 g/mol. The maximum atomic E-state index is 11.9. The van der Waals surface area contributed by atoms with E-state index in [0.717, 1.165) is 0 Å². The Morgan fingerprint density at radius 2 is 2.17 bits per heavy atom. The molecule has 1 rings (SSSR count). The molecule has 1 fully saturated rings. The summed E-state index contributed by atoms with van der Waals surface area (Å²) in [6.45, 7) is 1.57. The lowest BCUT2D eigenvalue weighted by Gasteiger charge is -2.27. The Balaban J connectivity index is 2.62. The normalized spacial score (nSPS) is 23.8. The fourth-order valence-electron chi connectivity index (χ4n) is 2.12. The van der Waals surface area contributed by atoms with Crippen molar-refractivity contribution in [2.75, 3.05) is 24.7 Å². The highest BCUT2D eigenvalue weighted by Gasteiger charge is 2.34. The van der Waals surface area contributed by atoms with E-state index in [-0.39, 0.29) is 43.0 Å². The predicted molar refractivity (Wildman–Crippen MR) is 66.8 cm³/mol. The molecule has 6 nitrogen and oxygen atoms in total. The first-order chi connectivity index (χ1) is 8.35. The number of hydrogen-bond donors (Lipinski definition) is 2. The maximum absolute atomic E-state index is 11.9. The zero-order chi connectivity index (χ0) is 13.8. The maximum Gasteiger partial charge on any atom is 0.223 e. The van der Waals surface area contributed by atoms with Gasteiger partial charge in [0.2, 0.25) is 5.91 Å². The van der Waals surface area contributed by atoms with Crippen LogP contribution in [0.5, 0.6) is 0 Å². The topological polar surface area (TPSA) is 94.9 Å². The van der Waals surface area contributed by atoms with Crippen LogP contribution in [0.15, 0.2) is 0 Å². The molecule has 2 N–H and O–H groups in total. The molecule has 0 spiro atoms. The number of amides is 1. The summed E-state index contributed by atoms with van der Waals surface area (Å²) in [7, 11) is -3.05. The number of carbonyl (C=O) groups excluding carboxylic acids is 1. The standard InChI is InChI=1S/C11H21NO5S/c1-9(14)2-3-11(15)12(5-6-13)10-4-7-18(16,17)8-10/h9-10,13-14H,2-8H2,1H3. The summed E-state index contributed by atoms with van der Waals surface area (Å²) in [6.07, 6.45) is 0.397. The minimum absolute atomic E-state index is 0.0204. The number of sulfone groups is 1. The second-order valence-electron chi connectivity index (χ2n) is 4.76. The molecule has 0 saturated carbocycles. The lowest BCUT2D eigenvalue weighted by Crippen LogP contribution is -2.43. The van der Waals surface area contributed by atoms with E-state index in [4.69, 9.17) is 10.2 Å². The second kappa shape index (κ2) is 6.49. The number of aliphatic hydroxyl groups is 2. The van der Waals surface area contributed by atoms with Crippen molar-refractivity contribution in [3.8, 4) is 0 Å². The van der Waals surface area contributed by atoms with Gasteiger partial charge < -0.3 is 15.1 Å². The Hall–Kier alpha value is -0.660. The molecule has 1 aliphatic heterocycles. The van der Waals surface area contributed by atoms with Crippen LogP contribution in [0.3, 0.4) is 0 Å². The van der Waals surface area contributed by atoms with Crippen LogP contribution >= 0.6 is 0 Å². The largest absolute Gasteiger partial charge is 0.395 e. The van der Waals surface area contributed by atoms with Gasteiger partial charge in [0.25, 0.3) is 0 Å². The molecule has 7 heteroatoms. The molecule has 0 radical (unpaired) electrons. The molecule has 18 heavy (non-hydrogen) atoms. The zero-order valence-corrected chi connectivity index (χ0v) is 11.4. The van der Waals surface area contributed by atoms with Crippen molar-refractivity contribution in [3.63, 3.8) is 0 Å². The highest BCUT2D eigenvalue weighted by molar-refractivity contribution is 7.91. The molecule has 1 heterocycles. The number of carbonyl (C=O) groups is 1. The Morgan fingerprint density at radius 3 is 2.61 bits per heavy atom. The lowest BCUT2D eigenvalue weighted by atomic mass is 10.1. The lowest BCUT2D eigenvalue weighted by molar-refractivity contribution is -0.134. The molecule has 106 valence electrons. The van der Waals surface area contributed by atoms with Crippen molar-refractivity contribution in [2.45, 2.75) is 38.3 Å². The van der Waals surface area contributed by atoms with Gasteiger partial charge in [0, 0.05) is 19.0 Å². The number of nitrogens with zero attached hydrogens (tertiary/aromatic N) is 1. The van der Waals surface area contributed by atoms with Gasteiger partial charge in [-0.2, -0.15) is 0 Å². The van der Waals surface area contributed by atoms with Gasteiger partial charge >= 0.3 is 0 Å². The van der Waals surface area contributed by atoms with Crippen molar-refractivity contribution < 1.29 is 23.4 Å². The molecule has 1 aliphatic rings. The van der Waals surface area contributed by atoms with E-state index in [1.807, 2.05) is 0 Å². The second-order valence-corrected chi connectivity index (χ2v) is 6.98. The van der Waals surface area contributed by atoms with Crippen molar-refractivity contribution in [1.29, 1.82) is 0 Å². The van der Waals surface area contributed by atoms with E-state index in [2.05, 4.69) is 0 Å². The van der Waals surface area contributed by atoms with Gasteiger partial charge in [-0.1, -0.05) is 0 Å². The van der Waals surface area contributed by atoms with Gasteiger partial charge in [-0.25, -0.2) is 8.42 Å². The molecule has 0 bridgehead atoms. The third kappa shape index (κ3) is 4.55. The molecule has 1 saturated heterocycles. The van der Waals surface area contributed by atoms with E-state index in [1.165, 1.54) is 4.90 Å². The Bertz CT molecular complexity index is 379. The molecule has 2 unspecified atom stereocenters. The molecule has 2 atom stereocenters. The van der Waals surface area contributed by atoms with Gasteiger partial charge in [-0.3, -0.25) is 4.79 Å². The van der Waals surface area contributed by atoms with Crippen molar-refractivity contribution >= 4 is 15.7 Å². The van der Waals surface area contributed by atoms with Gasteiger partial charge in [0.05, 0.1) is 24.2 Å². The number of rotatable bonds is 6. The minimum atomic E-state index is -3.05. The fourth-order valence-corrected chi connectivity index (χ4v) is 3.85. The monoisotopic (exact) mass is 279 g/mol.